The van der Waals surface area contributed by atoms with Crippen LogP contribution in [-0.4, -0.2) is 57.9 Å². The molecule has 0 bridgehead atoms. The van der Waals surface area contributed by atoms with Crippen LogP contribution in [0.4, 0.5) is 0 Å². The molecule has 2 aromatic carbocycles. The Morgan fingerprint density at radius 2 is 1.60 bits per heavy atom. The highest BCUT2D eigenvalue weighted by molar-refractivity contribution is 9.10. The number of ketones is 1. The number of phenolic OH excluding ortho intramolecular Hbond substituents is 1. The highest BCUT2D eigenvalue weighted by Crippen LogP contribution is 2.40. The van der Waals surface area contributed by atoms with Gasteiger partial charge in [-0.25, -0.2) is 0 Å². The lowest BCUT2D eigenvalue weighted by atomic mass is 9.95. The van der Waals surface area contributed by atoms with E-state index in [2.05, 4.69) is 34.7 Å². The summed E-state index contributed by atoms with van der Waals surface area (Å²) in [6.07, 6.45) is 5.24. The molecular weight excluding hydrogens is 508 g/mol. The van der Waals surface area contributed by atoms with Crippen LogP contribution in [0.5, 0.6) is 5.75 Å². The minimum Gasteiger partial charge on any atom is -0.508 e. The molecule has 0 spiro atoms. The zero-order valence-corrected chi connectivity index (χ0v) is 22.1. The number of hydrogen-bond donors (Lipinski definition) is 2. The largest absolute Gasteiger partial charge is 0.508 e. The van der Waals surface area contributed by atoms with E-state index in [1.165, 1.54) is 0 Å². The number of halogens is 1. The first-order valence-corrected chi connectivity index (χ1v) is 13.2. The van der Waals surface area contributed by atoms with Crippen molar-refractivity contribution in [1.82, 2.24) is 9.80 Å². The van der Waals surface area contributed by atoms with Crippen LogP contribution in [-0.2, 0) is 9.59 Å². The molecule has 0 radical (unpaired) electrons. The summed E-state index contributed by atoms with van der Waals surface area (Å²) in [4.78, 5) is 30.3. The Labute approximate surface area is 216 Å². The Balaban J connectivity index is 1.91. The molecule has 1 saturated heterocycles. The number of phenols is 1. The van der Waals surface area contributed by atoms with E-state index in [1.807, 2.05) is 0 Å². The fourth-order valence-corrected chi connectivity index (χ4v) is 4.74. The van der Waals surface area contributed by atoms with Gasteiger partial charge in [0.05, 0.1) is 11.6 Å². The standard InChI is InChI=1S/C28H35BrN2O4/c1-3-5-15-30(16-6-4-2)17-8-18-31-25(21-9-7-10-23(32)19-21)24(27(34)28(31)35)26(33)20-11-13-22(29)14-12-20/h7,9-14,19,25,32-33H,3-6,8,15-18H2,1-2H3/b26-24+. The molecule has 1 amide bonds. The molecule has 2 N–H and O–H groups in total. The van der Waals surface area contributed by atoms with Gasteiger partial charge in [0.1, 0.15) is 11.5 Å². The Kier molecular flexibility index (Phi) is 9.93. The number of aromatic hydroxyl groups is 1. The van der Waals surface area contributed by atoms with E-state index in [-0.39, 0.29) is 17.1 Å². The van der Waals surface area contributed by atoms with Gasteiger partial charge in [-0.15, -0.1) is 0 Å². The average Bonchev–Trinajstić information content (AvgIpc) is 3.10. The summed E-state index contributed by atoms with van der Waals surface area (Å²) in [5, 5.41) is 21.2. The normalized spacial score (nSPS) is 17.5. The van der Waals surface area contributed by atoms with Gasteiger partial charge in [0, 0.05) is 16.6 Å². The van der Waals surface area contributed by atoms with Crippen molar-refractivity contribution in [2.24, 2.45) is 0 Å². The van der Waals surface area contributed by atoms with Crippen molar-refractivity contribution < 1.29 is 19.8 Å². The summed E-state index contributed by atoms with van der Waals surface area (Å²) < 4.78 is 0.842. The molecule has 2 aromatic rings. The number of hydrogen-bond acceptors (Lipinski definition) is 5. The number of aliphatic hydroxyl groups is 1. The zero-order chi connectivity index (χ0) is 25.4. The van der Waals surface area contributed by atoms with E-state index in [0.717, 1.165) is 49.8 Å². The van der Waals surface area contributed by atoms with Gasteiger partial charge in [-0.2, -0.15) is 0 Å². The molecule has 35 heavy (non-hydrogen) atoms. The zero-order valence-electron chi connectivity index (χ0n) is 20.5. The number of unbranched alkanes of at least 4 members (excludes halogenated alkanes) is 2. The molecular formula is C28H35BrN2O4. The van der Waals surface area contributed by atoms with Crippen molar-refractivity contribution in [3.05, 3.63) is 69.7 Å². The van der Waals surface area contributed by atoms with Crippen molar-refractivity contribution in [1.29, 1.82) is 0 Å². The lowest BCUT2D eigenvalue weighted by Gasteiger charge is -2.27. The molecule has 3 rings (SSSR count). The van der Waals surface area contributed by atoms with E-state index in [4.69, 9.17) is 0 Å². The molecule has 1 aliphatic heterocycles. The predicted octanol–water partition coefficient (Wildman–Crippen LogP) is 5.87. The molecule has 7 heteroatoms. The third-order valence-corrected chi connectivity index (χ3v) is 6.90. The van der Waals surface area contributed by atoms with Crippen LogP contribution in [0.25, 0.3) is 5.76 Å². The van der Waals surface area contributed by atoms with Crippen molar-refractivity contribution in [2.45, 2.75) is 52.0 Å². The summed E-state index contributed by atoms with van der Waals surface area (Å²) in [5.41, 5.74) is 1.11. The first-order chi connectivity index (χ1) is 16.9. The Hall–Kier alpha value is -2.64. The number of carbonyl (C=O) groups excluding carboxylic acids is 2. The van der Waals surface area contributed by atoms with Gasteiger partial charge < -0.3 is 20.0 Å². The monoisotopic (exact) mass is 542 g/mol. The molecule has 1 atom stereocenters. The molecule has 188 valence electrons. The van der Waals surface area contributed by atoms with Crippen LogP contribution < -0.4 is 0 Å². The number of Topliss-reactive ketones (excluding diaryl/α,β-unsaturated/α-hetero) is 1. The van der Waals surface area contributed by atoms with E-state index in [0.29, 0.717) is 24.1 Å². The maximum Gasteiger partial charge on any atom is 0.295 e. The highest BCUT2D eigenvalue weighted by Gasteiger charge is 2.45. The number of aliphatic hydroxyl groups excluding tert-OH is 1. The smallest absolute Gasteiger partial charge is 0.295 e. The predicted molar refractivity (Wildman–Crippen MR) is 142 cm³/mol. The van der Waals surface area contributed by atoms with Crippen LogP contribution in [0.1, 0.15) is 63.1 Å². The number of amides is 1. The van der Waals surface area contributed by atoms with E-state index >= 15 is 0 Å². The molecule has 1 unspecified atom stereocenters. The minimum atomic E-state index is -0.759. The summed E-state index contributed by atoms with van der Waals surface area (Å²) in [6.45, 7) is 7.62. The van der Waals surface area contributed by atoms with E-state index in [1.54, 1.807) is 53.4 Å². The van der Waals surface area contributed by atoms with Crippen molar-refractivity contribution in [2.75, 3.05) is 26.2 Å². The van der Waals surface area contributed by atoms with Gasteiger partial charge in [0.2, 0.25) is 0 Å². The molecule has 0 aromatic heterocycles. The fourth-order valence-electron chi connectivity index (χ4n) is 4.48. The highest BCUT2D eigenvalue weighted by atomic mass is 79.9. The Bertz CT molecular complexity index is 1040. The van der Waals surface area contributed by atoms with Gasteiger partial charge >= 0.3 is 0 Å². The third-order valence-electron chi connectivity index (χ3n) is 6.37. The van der Waals surface area contributed by atoms with Gasteiger partial charge in [0.15, 0.2) is 0 Å². The average molecular weight is 544 g/mol. The van der Waals surface area contributed by atoms with Gasteiger partial charge in [-0.05, 0) is 68.7 Å². The van der Waals surface area contributed by atoms with Gasteiger partial charge in [0.25, 0.3) is 11.7 Å². The van der Waals surface area contributed by atoms with Crippen LogP contribution >= 0.6 is 15.9 Å². The van der Waals surface area contributed by atoms with Crippen LogP contribution in [0, 0.1) is 0 Å². The second-order valence-electron chi connectivity index (χ2n) is 9.00. The van der Waals surface area contributed by atoms with Crippen LogP contribution in [0.15, 0.2) is 58.6 Å². The summed E-state index contributed by atoms with van der Waals surface area (Å²) in [5.74, 6) is -1.49. The number of likely N-dealkylation sites (tertiary alicyclic amines) is 1. The number of rotatable bonds is 12. The quantitative estimate of drug-likeness (QED) is 0.199. The lowest BCUT2D eigenvalue weighted by molar-refractivity contribution is -0.140. The van der Waals surface area contributed by atoms with Crippen LogP contribution in [0.3, 0.4) is 0 Å². The van der Waals surface area contributed by atoms with Crippen molar-refractivity contribution in [3.8, 4) is 5.75 Å². The maximum absolute atomic E-state index is 13.2. The molecule has 6 nitrogen and oxygen atoms in total. The first kappa shape index (κ1) is 27.0. The third kappa shape index (κ3) is 6.73. The number of benzene rings is 2. The molecule has 0 aliphatic carbocycles. The van der Waals surface area contributed by atoms with E-state index in [9.17, 15) is 19.8 Å². The maximum atomic E-state index is 13.2. The molecule has 1 aliphatic rings. The van der Waals surface area contributed by atoms with Gasteiger partial charge in [-0.3, -0.25) is 9.59 Å². The van der Waals surface area contributed by atoms with Crippen molar-refractivity contribution in [3.63, 3.8) is 0 Å². The Morgan fingerprint density at radius 1 is 0.971 bits per heavy atom. The number of carbonyl (C=O) groups is 2. The fraction of sp³-hybridized carbons (Fsp3) is 0.429. The second-order valence-corrected chi connectivity index (χ2v) is 9.91. The summed E-state index contributed by atoms with van der Waals surface area (Å²) >= 11 is 3.38. The lowest BCUT2D eigenvalue weighted by Crippen LogP contribution is -2.34. The molecule has 0 saturated carbocycles. The second kappa shape index (κ2) is 12.9. The molecule has 1 heterocycles. The van der Waals surface area contributed by atoms with Gasteiger partial charge in [-0.1, -0.05) is 66.9 Å². The van der Waals surface area contributed by atoms with E-state index < -0.39 is 17.7 Å². The topological polar surface area (TPSA) is 81.1 Å². The first-order valence-electron chi connectivity index (χ1n) is 12.4. The SMILES string of the molecule is CCCCN(CCCC)CCCN1C(=O)C(=O)/C(=C(/O)c2ccc(Br)cc2)C1c1cccc(O)c1. The van der Waals surface area contributed by atoms with Crippen molar-refractivity contribution >= 4 is 33.4 Å². The summed E-state index contributed by atoms with van der Waals surface area (Å²) in [7, 11) is 0. The number of nitrogens with zero attached hydrogens (tertiary/aromatic N) is 2. The molecule has 1 fully saturated rings. The van der Waals surface area contributed by atoms with Crippen LogP contribution in [0.2, 0.25) is 0 Å². The summed E-state index contributed by atoms with van der Waals surface area (Å²) in [6, 6.07) is 12.7. The Morgan fingerprint density at radius 3 is 2.20 bits per heavy atom. The minimum absolute atomic E-state index is 0.0436.